The summed E-state index contributed by atoms with van der Waals surface area (Å²) in [4.78, 5) is 17.9. The Kier molecular flexibility index (Phi) is 6.39. The van der Waals surface area contributed by atoms with Crippen LogP contribution in [-0.4, -0.2) is 55.8 Å². The quantitative estimate of drug-likeness (QED) is 0.836. The lowest BCUT2D eigenvalue weighted by atomic mass is 10.2. The van der Waals surface area contributed by atoms with E-state index in [1.54, 1.807) is 0 Å². The molecule has 1 heterocycles. The highest BCUT2D eigenvalue weighted by Crippen LogP contribution is 2.33. The maximum absolute atomic E-state index is 12.1. The van der Waals surface area contributed by atoms with Crippen LogP contribution in [0.1, 0.15) is 13.8 Å². The van der Waals surface area contributed by atoms with Crippen LogP contribution in [0.25, 0.3) is 0 Å². The van der Waals surface area contributed by atoms with Gasteiger partial charge in [-0.1, -0.05) is 26.0 Å². The number of nitrogens with one attached hydrogen (secondary N) is 1. The zero-order chi connectivity index (χ0) is 15.1. The number of thioether (sulfide) groups is 1. The summed E-state index contributed by atoms with van der Waals surface area (Å²) in [5.74, 6) is 1.16. The van der Waals surface area contributed by atoms with Gasteiger partial charge in [0.05, 0.1) is 12.2 Å². The summed E-state index contributed by atoms with van der Waals surface area (Å²) in [6, 6.07) is 8.32. The number of amides is 1. The van der Waals surface area contributed by atoms with Crippen LogP contribution in [0.15, 0.2) is 29.2 Å². The first-order chi connectivity index (χ1) is 10.2. The van der Waals surface area contributed by atoms with Crippen molar-refractivity contribution < 1.29 is 4.79 Å². The Hall–Kier alpha value is -1.20. The van der Waals surface area contributed by atoms with Gasteiger partial charge in [-0.2, -0.15) is 0 Å². The molecule has 0 radical (unpaired) electrons. The Morgan fingerprint density at radius 3 is 2.86 bits per heavy atom. The molecule has 0 saturated carbocycles. The highest BCUT2D eigenvalue weighted by atomic mass is 32.2. The summed E-state index contributed by atoms with van der Waals surface area (Å²) >= 11 is 1.87. The molecule has 2 rings (SSSR count). The molecule has 5 heteroatoms. The fraction of sp³-hybridized carbons (Fsp3) is 0.562. The maximum Gasteiger partial charge on any atom is 0.239 e. The summed E-state index contributed by atoms with van der Waals surface area (Å²) < 4.78 is 0. The first kappa shape index (κ1) is 16.2. The van der Waals surface area contributed by atoms with Crippen LogP contribution in [-0.2, 0) is 4.79 Å². The van der Waals surface area contributed by atoms with Gasteiger partial charge in [0.25, 0.3) is 0 Å². The van der Waals surface area contributed by atoms with E-state index in [2.05, 4.69) is 47.2 Å². The van der Waals surface area contributed by atoms with Crippen LogP contribution in [0.3, 0.4) is 0 Å². The Balaban J connectivity index is 1.81. The lowest BCUT2D eigenvalue weighted by molar-refractivity contribution is -0.119. The molecule has 0 spiro atoms. The summed E-state index contributed by atoms with van der Waals surface area (Å²) in [6.45, 7) is 9.39. The first-order valence-electron chi connectivity index (χ1n) is 7.70. The third-order valence-corrected chi connectivity index (χ3v) is 4.85. The van der Waals surface area contributed by atoms with Crippen molar-refractivity contribution in [3.63, 3.8) is 0 Å². The third kappa shape index (κ3) is 4.64. The zero-order valence-corrected chi connectivity index (χ0v) is 13.8. The minimum absolute atomic E-state index is 0.115. The van der Waals surface area contributed by atoms with E-state index in [1.165, 1.54) is 10.6 Å². The maximum atomic E-state index is 12.1. The Morgan fingerprint density at radius 2 is 2.10 bits per heavy atom. The number of nitrogens with zero attached hydrogens (tertiary/aromatic N) is 2. The van der Waals surface area contributed by atoms with Crippen LogP contribution < -0.4 is 10.2 Å². The van der Waals surface area contributed by atoms with E-state index in [9.17, 15) is 4.79 Å². The topological polar surface area (TPSA) is 35.6 Å². The second kappa shape index (κ2) is 8.29. The molecule has 0 aromatic heterocycles. The summed E-state index contributed by atoms with van der Waals surface area (Å²) in [5.41, 5.74) is 1.19. The van der Waals surface area contributed by atoms with Crippen molar-refractivity contribution in [2.75, 3.05) is 49.9 Å². The van der Waals surface area contributed by atoms with E-state index in [1.807, 2.05) is 17.8 Å². The number of likely N-dealkylation sites (N-methyl/N-ethyl adjacent to an activating group) is 1. The molecule has 4 nitrogen and oxygen atoms in total. The Labute approximate surface area is 131 Å². The van der Waals surface area contributed by atoms with Gasteiger partial charge >= 0.3 is 0 Å². The normalized spacial score (nSPS) is 14.1. The van der Waals surface area contributed by atoms with E-state index >= 15 is 0 Å². The molecule has 1 aliphatic rings. The van der Waals surface area contributed by atoms with Crippen molar-refractivity contribution in [1.29, 1.82) is 0 Å². The van der Waals surface area contributed by atoms with E-state index in [0.717, 1.165) is 38.5 Å². The molecule has 1 aliphatic heterocycles. The van der Waals surface area contributed by atoms with Crippen LogP contribution in [0.5, 0.6) is 0 Å². The first-order valence-corrected chi connectivity index (χ1v) is 8.69. The predicted octanol–water partition coefficient (Wildman–Crippen LogP) is 2.06. The highest BCUT2D eigenvalue weighted by molar-refractivity contribution is 7.99. The summed E-state index contributed by atoms with van der Waals surface area (Å²) in [5, 5.41) is 3.03. The average molecular weight is 307 g/mol. The second-order valence-electron chi connectivity index (χ2n) is 5.11. The molecule has 0 aliphatic carbocycles. The van der Waals surface area contributed by atoms with Gasteiger partial charge < -0.3 is 15.1 Å². The molecule has 1 amide bonds. The summed E-state index contributed by atoms with van der Waals surface area (Å²) in [6.07, 6.45) is 0. The smallest absolute Gasteiger partial charge is 0.239 e. The SMILES string of the molecule is CCN(CC)CCNC(=O)CN1CCSc2ccccc21. The van der Waals surface area contributed by atoms with Gasteiger partial charge in [0.2, 0.25) is 5.91 Å². The average Bonchev–Trinajstić information content (AvgIpc) is 2.52. The molecular formula is C16H25N3OS. The predicted molar refractivity (Wildman–Crippen MR) is 90.2 cm³/mol. The molecule has 21 heavy (non-hydrogen) atoms. The lowest BCUT2D eigenvalue weighted by Crippen LogP contribution is -2.42. The number of benzene rings is 1. The number of carbonyl (C=O) groups is 1. The van der Waals surface area contributed by atoms with Crippen LogP contribution in [0, 0.1) is 0 Å². The van der Waals surface area contributed by atoms with Crippen LogP contribution in [0.4, 0.5) is 5.69 Å². The number of anilines is 1. The third-order valence-electron chi connectivity index (χ3n) is 3.80. The Morgan fingerprint density at radius 1 is 1.33 bits per heavy atom. The Bertz CT molecular complexity index is 463. The molecule has 0 fully saturated rings. The second-order valence-corrected chi connectivity index (χ2v) is 6.25. The van der Waals surface area contributed by atoms with Gasteiger partial charge in [-0.3, -0.25) is 4.79 Å². The fourth-order valence-corrected chi connectivity index (χ4v) is 3.56. The minimum atomic E-state index is 0.115. The van der Waals surface area contributed by atoms with Crippen molar-refractivity contribution in [3.8, 4) is 0 Å². The number of hydrogen-bond acceptors (Lipinski definition) is 4. The van der Waals surface area contributed by atoms with E-state index in [-0.39, 0.29) is 5.91 Å². The number of hydrogen-bond donors (Lipinski definition) is 1. The van der Waals surface area contributed by atoms with Crippen molar-refractivity contribution in [1.82, 2.24) is 10.2 Å². The van der Waals surface area contributed by atoms with Gasteiger partial charge in [-0.15, -0.1) is 11.8 Å². The van der Waals surface area contributed by atoms with Crippen LogP contribution in [0.2, 0.25) is 0 Å². The molecule has 1 N–H and O–H groups in total. The molecule has 0 saturated heterocycles. The lowest BCUT2D eigenvalue weighted by Gasteiger charge is -2.30. The minimum Gasteiger partial charge on any atom is -0.360 e. The van der Waals surface area contributed by atoms with Gasteiger partial charge in [0, 0.05) is 30.3 Å². The largest absolute Gasteiger partial charge is 0.360 e. The zero-order valence-electron chi connectivity index (χ0n) is 13.0. The van der Waals surface area contributed by atoms with Gasteiger partial charge in [-0.05, 0) is 25.2 Å². The van der Waals surface area contributed by atoms with Crippen LogP contribution >= 0.6 is 11.8 Å². The number of para-hydroxylation sites is 1. The monoisotopic (exact) mass is 307 g/mol. The number of carbonyl (C=O) groups excluding carboxylic acids is 1. The van der Waals surface area contributed by atoms with Gasteiger partial charge in [0.15, 0.2) is 0 Å². The van der Waals surface area contributed by atoms with Gasteiger partial charge in [-0.25, -0.2) is 0 Å². The van der Waals surface area contributed by atoms with E-state index in [4.69, 9.17) is 0 Å². The van der Waals surface area contributed by atoms with Crippen molar-refractivity contribution in [2.45, 2.75) is 18.7 Å². The summed E-state index contributed by atoms with van der Waals surface area (Å²) in [7, 11) is 0. The molecule has 0 unspecified atom stereocenters. The van der Waals surface area contributed by atoms with Crippen molar-refractivity contribution in [3.05, 3.63) is 24.3 Å². The molecular weight excluding hydrogens is 282 g/mol. The molecule has 1 aromatic carbocycles. The van der Waals surface area contributed by atoms with E-state index < -0.39 is 0 Å². The number of fused-ring (bicyclic) bond motifs is 1. The number of rotatable bonds is 7. The van der Waals surface area contributed by atoms with Crippen molar-refractivity contribution >= 4 is 23.4 Å². The van der Waals surface area contributed by atoms with E-state index in [0.29, 0.717) is 6.54 Å². The molecule has 0 atom stereocenters. The fourth-order valence-electron chi connectivity index (χ4n) is 2.51. The standard InChI is InChI=1S/C16H25N3OS/c1-3-18(4-2)10-9-17-16(20)13-19-11-12-21-15-8-6-5-7-14(15)19/h5-8H,3-4,9-13H2,1-2H3,(H,17,20). The van der Waals surface area contributed by atoms with Crippen molar-refractivity contribution in [2.24, 2.45) is 0 Å². The highest BCUT2D eigenvalue weighted by Gasteiger charge is 2.18. The van der Waals surface area contributed by atoms with Gasteiger partial charge in [0.1, 0.15) is 0 Å². The molecule has 0 bridgehead atoms. The molecule has 116 valence electrons. The molecule has 1 aromatic rings.